The molecule has 1 heterocycles. The summed E-state index contributed by atoms with van der Waals surface area (Å²) in [4.78, 5) is 0. The Morgan fingerprint density at radius 2 is 0.795 bits per heavy atom. The third-order valence-electron chi connectivity index (χ3n) is 8.40. The SMILES string of the molecule is c1ccc(-c2c3ccccc3c(-c3ccc4c(c3)c3cccc5oc6cccc4c6c53)c3ccccc23)cc1. The highest BCUT2D eigenvalue weighted by Gasteiger charge is 2.19. The van der Waals surface area contributed by atoms with Crippen molar-refractivity contribution in [2.45, 2.75) is 0 Å². The molecular formula is C38H22O. The topological polar surface area (TPSA) is 13.1 Å². The maximum absolute atomic E-state index is 6.27. The molecule has 0 spiro atoms. The van der Waals surface area contributed by atoms with Gasteiger partial charge in [0.25, 0.3) is 0 Å². The second-order valence-electron chi connectivity index (χ2n) is 10.4. The summed E-state index contributed by atoms with van der Waals surface area (Å²) in [6.07, 6.45) is 0. The first kappa shape index (κ1) is 20.9. The van der Waals surface area contributed by atoms with Crippen molar-refractivity contribution < 1.29 is 4.42 Å². The van der Waals surface area contributed by atoms with Crippen LogP contribution < -0.4 is 0 Å². The Morgan fingerprint density at radius 1 is 0.308 bits per heavy atom. The van der Waals surface area contributed by atoms with Gasteiger partial charge in [0.1, 0.15) is 11.2 Å². The first-order chi connectivity index (χ1) is 19.4. The molecular weight excluding hydrogens is 472 g/mol. The third kappa shape index (κ3) is 2.79. The molecule has 0 unspecified atom stereocenters. The smallest absolute Gasteiger partial charge is 0.136 e. The minimum Gasteiger partial charge on any atom is -0.456 e. The average molecular weight is 495 g/mol. The number of hydrogen-bond acceptors (Lipinski definition) is 1. The van der Waals surface area contributed by atoms with Crippen LogP contribution in [0.25, 0.3) is 87.3 Å². The van der Waals surface area contributed by atoms with Crippen molar-refractivity contribution in [3.63, 3.8) is 0 Å². The van der Waals surface area contributed by atoms with E-state index in [9.17, 15) is 0 Å². The summed E-state index contributed by atoms with van der Waals surface area (Å²) in [5.74, 6) is 0. The largest absolute Gasteiger partial charge is 0.456 e. The molecule has 0 saturated heterocycles. The summed E-state index contributed by atoms with van der Waals surface area (Å²) in [6.45, 7) is 0. The van der Waals surface area contributed by atoms with Gasteiger partial charge in [-0.1, -0.05) is 115 Å². The number of furan rings is 1. The zero-order chi connectivity index (χ0) is 25.5. The summed E-state index contributed by atoms with van der Waals surface area (Å²) in [5, 5.41) is 12.6. The lowest BCUT2D eigenvalue weighted by atomic mass is 9.85. The fourth-order valence-corrected chi connectivity index (χ4v) is 6.83. The highest BCUT2D eigenvalue weighted by atomic mass is 16.3. The number of hydrogen-bond donors (Lipinski definition) is 0. The van der Waals surface area contributed by atoms with E-state index in [1.807, 2.05) is 0 Å². The van der Waals surface area contributed by atoms with Crippen LogP contribution in [0.2, 0.25) is 0 Å². The van der Waals surface area contributed by atoms with Crippen LogP contribution in [0.4, 0.5) is 0 Å². The van der Waals surface area contributed by atoms with Crippen molar-refractivity contribution in [3.8, 4) is 22.3 Å². The lowest BCUT2D eigenvalue weighted by Crippen LogP contribution is -1.91. The predicted octanol–water partition coefficient (Wildman–Crippen LogP) is 11.0. The Labute approximate surface area is 224 Å². The van der Waals surface area contributed by atoms with Crippen LogP contribution in [0.5, 0.6) is 0 Å². The molecule has 9 aromatic rings. The predicted molar refractivity (Wildman–Crippen MR) is 166 cm³/mol. The third-order valence-corrected chi connectivity index (χ3v) is 8.40. The molecule has 0 aliphatic carbocycles. The van der Waals surface area contributed by atoms with Gasteiger partial charge in [-0.2, -0.15) is 0 Å². The zero-order valence-corrected chi connectivity index (χ0v) is 21.1. The Kier molecular flexibility index (Phi) is 4.11. The van der Waals surface area contributed by atoms with E-state index in [0.29, 0.717) is 0 Å². The van der Waals surface area contributed by atoms with Gasteiger partial charge in [0, 0.05) is 10.8 Å². The second kappa shape index (κ2) is 7.69. The fourth-order valence-electron chi connectivity index (χ4n) is 6.83. The zero-order valence-electron chi connectivity index (χ0n) is 21.1. The first-order valence-corrected chi connectivity index (χ1v) is 13.4. The molecule has 1 nitrogen and oxygen atoms in total. The molecule has 8 aromatic carbocycles. The summed E-state index contributed by atoms with van der Waals surface area (Å²) < 4.78 is 6.27. The lowest BCUT2D eigenvalue weighted by molar-refractivity contribution is 0.669. The van der Waals surface area contributed by atoms with E-state index >= 15 is 0 Å². The minimum absolute atomic E-state index is 0.953. The van der Waals surface area contributed by atoms with Crippen molar-refractivity contribution in [3.05, 3.63) is 133 Å². The molecule has 0 saturated carbocycles. The summed E-state index contributed by atoms with van der Waals surface area (Å²) >= 11 is 0. The molecule has 39 heavy (non-hydrogen) atoms. The molecule has 180 valence electrons. The normalized spacial score (nSPS) is 12.1. The van der Waals surface area contributed by atoms with Gasteiger partial charge in [0.2, 0.25) is 0 Å². The first-order valence-electron chi connectivity index (χ1n) is 13.4. The van der Waals surface area contributed by atoms with Crippen molar-refractivity contribution in [2.75, 3.05) is 0 Å². The van der Waals surface area contributed by atoms with Crippen LogP contribution in [-0.4, -0.2) is 0 Å². The van der Waals surface area contributed by atoms with E-state index in [0.717, 1.165) is 11.2 Å². The van der Waals surface area contributed by atoms with Gasteiger partial charge in [0.15, 0.2) is 0 Å². The van der Waals surface area contributed by atoms with E-state index in [2.05, 4.69) is 133 Å². The van der Waals surface area contributed by atoms with Crippen molar-refractivity contribution in [1.82, 2.24) is 0 Å². The summed E-state index contributed by atoms with van der Waals surface area (Å²) in [5.41, 5.74) is 6.97. The monoisotopic (exact) mass is 494 g/mol. The van der Waals surface area contributed by atoms with Crippen LogP contribution in [0.15, 0.2) is 138 Å². The average Bonchev–Trinajstić information content (AvgIpc) is 3.39. The van der Waals surface area contributed by atoms with E-state index in [1.165, 1.54) is 76.1 Å². The van der Waals surface area contributed by atoms with Crippen molar-refractivity contribution in [1.29, 1.82) is 0 Å². The van der Waals surface area contributed by atoms with Gasteiger partial charge in [-0.05, 0) is 83.5 Å². The molecule has 0 amide bonds. The van der Waals surface area contributed by atoms with Crippen LogP contribution in [0.1, 0.15) is 0 Å². The van der Waals surface area contributed by atoms with Crippen LogP contribution >= 0.6 is 0 Å². The van der Waals surface area contributed by atoms with E-state index in [4.69, 9.17) is 4.42 Å². The van der Waals surface area contributed by atoms with E-state index in [-0.39, 0.29) is 0 Å². The fraction of sp³-hybridized carbons (Fsp3) is 0. The quantitative estimate of drug-likeness (QED) is 0.172. The molecule has 0 aliphatic heterocycles. The Hall–Kier alpha value is -5.14. The van der Waals surface area contributed by atoms with Crippen molar-refractivity contribution >= 4 is 65.0 Å². The molecule has 1 heteroatoms. The maximum atomic E-state index is 6.27. The van der Waals surface area contributed by atoms with Gasteiger partial charge in [0.05, 0.1) is 0 Å². The maximum Gasteiger partial charge on any atom is 0.136 e. The van der Waals surface area contributed by atoms with Gasteiger partial charge < -0.3 is 4.42 Å². The van der Waals surface area contributed by atoms with Crippen LogP contribution in [0, 0.1) is 0 Å². The van der Waals surface area contributed by atoms with E-state index in [1.54, 1.807) is 0 Å². The van der Waals surface area contributed by atoms with E-state index < -0.39 is 0 Å². The number of benzene rings is 8. The Morgan fingerprint density at radius 3 is 1.38 bits per heavy atom. The highest BCUT2D eigenvalue weighted by molar-refractivity contribution is 6.33. The molecule has 0 aliphatic rings. The number of fused-ring (bicyclic) bond motifs is 5. The van der Waals surface area contributed by atoms with Crippen molar-refractivity contribution in [2.24, 2.45) is 0 Å². The van der Waals surface area contributed by atoms with Gasteiger partial charge in [-0.15, -0.1) is 0 Å². The number of rotatable bonds is 2. The van der Waals surface area contributed by atoms with Gasteiger partial charge >= 0.3 is 0 Å². The minimum atomic E-state index is 0.953. The van der Waals surface area contributed by atoms with Gasteiger partial charge in [-0.25, -0.2) is 0 Å². The molecule has 1 aromatic heterocycles. The Balaban J connectivity index is 1.45. The second-order valence-corrected chi connectivity index (χ2v) is 10.4. The molecule has 9 rings (SSSR count). The molecule has 0 radical (unpaired) electrons. The summed E-state index contributed by atoms with van der Waals surface area (Å²) in [6, 6.07) is 48.4. The molecule has 0 bridgehead atoms. The molecule has 0 atom stereocenters. The Bertz CT molecular complexity index is 2320. The van der Waals surface area contributed by atoms with Crippen LogP contribution in [0.3, 0.4) is 0 Å². The molecule has 0 N–H and O–H groups in total. The highest BCUT2D eigenvalue weighted by Crippen LogP contribution is 2.46. The van der Waals surface area contributed by atoms with Gasteiger partial charge in [-0.3, -0.25) is 0 Å². The van der Waals surface area contributed by atoms with Crippen LogP contribution in [-0.2, 0) is 0 Å². The summed E-state index contributed by atoms with van der Waals surface area (Å²) in [7, 11) is 0. The standard InChI is InChI=1S/C38H22O/c1-2-10-23(11-3-1)35-27-12-4-6-14-29(27)36(30-15-7-5-13-28(30)35)24-20-21-25-26-16-8-18-33-37(26)38-31(32(25)22-24)17-9-19-34(38)39-33/h1-22H. The lowest BCUT2D eigenvalue weighted by Gasteiger charge is -2.18. The molecule has 0 fully saturated rings.